The van der Waals surface area contributed by atoms with Crippen LogP contribution in [0, 0.1) is 5.41 Å². The minimum atomic E-state index is -0.363. The fraction of sp³-hybridized carbons (Fsp3) is 0.600. The van der Waals surface area contributed by atoms with Crippen LogP contribution in [0.4, 0.5) is 0 Å². The van der Waals surface area contributed by atoms with Crippen molar-refractivity contribution in [3.8, 4) is 0 Å². The van der Waals surface area contributed by atoms with Gasteiger partial charge in [0.25, 0.3) is 0 Å². The Kier molecular flexibility index (Phi) is 2.73. The molecule has 0 unspecified atom stereocenters. The van der Waals surface area contributed by atoms with E-state index >= 15 is 0 Å². The highest BCUT2D eigenvalue weighted by Crippen LogP contribution is 2.46. The van der Waals surface area contributed by atoms with Gasteiger partial charge >= 0.3 is 5.97 Å². The van der Waals surface area contributed by atoms with Crippen molar-refractivity contribution in [2.75, 3.05) is 13.7 Å². The number of hydrogen-bond acceptors (Lipinski definition) is 4. The van der Waals surface area contributed by atoms with E-state index in [-0.39, 0.29) is 11.4 Å². The van der Waals surface area contributed by atoms with E-state index in [1.807, 2.05) is 0 Å². The van der Waals surface area contributed by atoms with Gasteiger partial charge < -0.3 is 9.47 Å². The summed E-state index contributed by atoms with van der Waals surface area (Å²) in [6, 6.07) is 0. The third-order valence-corrected chi connectivity index (χ3v) is 2.67. The average Bonchev–Trinajstić information content (AvgIpc) is 2.86. The molecule has 5 heteroatoms. The molecule has 0 saturated heterocycles. The van der Waals surface area contributed by atoms with Gasteiger partial charge in [0.1, 0.15) is 0 Å². The van der Waals surface area contributed by atoms with Crippen molar-refractivity contribution < 1.29 is 14.3 Å². The highest BCUT2D eigenvalue weighted by molar-refractivity contribution is 5.79. The molecule has 0 bridgehead atoms. The number of H-pyrrole nitrogens is 1. The molecule has 2 rings (SSSR count). The summed E-state index contributed by atoms with van der Waals surface area (Å²) in [4.78, 5) is 11.4. The molecule has 0 aliphatic heterocycles. The van der Waals surface area contributed by atoms with E-state index in [4.69, 9.17) is 9.47 Å². The first kappa shape index (κ1) is 10.2. The SMILES string of the molecule is COC(=O)C1(COCc2cn[nH]c2)CC1. The molecule has 0 aromatic carbocycles. The standard InChI is InChI=1S/C10H14N2O3/c1-14-9(13)10(2-3-10)7-15-6-8-4-11-12-5-8/h4-5H,2-3,6-7H2,1H3,(H,11,12). The lowest BCUT2D eigenvalue weighted by Crippen LogP contribution is -2.23. The van der Waals surface area contributed by atoms with Gasteiger partial charge in [0, 0.05) is 11.8 Å². The number of methoxy groups -OCH3 is 1. The van der Waals surface area contributed by atoms with Crippen molar-refractivity contribution >= 4 is 5.97 Å². The minimum Gasteiger partial charge on any atom is -0.469 e. The van der Waals surface area contributed by atoms with E-state index < -0.39 is 0 Å². The maximum absolute atomic E-state index is 11.4. The van der Waals surface area contributed by atoms with E-state index in [2.05, 4.69) is 10.2 Å². The second-order valence-corrected chi connectivity index (χ2v) is 3.87. The van der Waals surface area contributed by atoms with Crippen molar-refractivity contribution in [2.45, 2.75) is 19.4 Å². The molecule has 1 fully saturated rings. The van der Waals surface area contributed by atoms with Crippen molar-refractivity contribution in [3.63, 3.8) is 0 Å². The number of carbonyl (C=O) groups is 1. The second-order valence-electron chi connectivity index (χ2n) is 3.87. The van der Waals surface area contributed by atoms with Crippen LogP contribution in [-0.2, 0) is 20.9 Å². The van der Waals surface area contributed by atoms with E-state index in [9.17, 15) is 4.79 Å². The van der Waals surface area contributed by atoms with E-state index in [0.29, 0.717) is 13.2 Å². The summed E-state index contributed by atoms with van der Waals surface area (Å²) in [6.45, 7) is 0.917. The Morgan fingerprint density at radius 3 is 3.00 bits per heavy atom. The maximum atomic E-state index is 11.4. The number of rotatable bonds is 5. The highest BCUT2D eigenvalue weighted by atomic mass is 16.5. The molecule has 15 heavy (non-hydrogen) atoms. The number of aromatic amines is 1. The third kappa shape index (κ3) is 2.18. The number of nitrogens with one attached hydrogen (secondary N) is 1. The van der Waals surface area contributed by atoms with E-state index in [1.54, 1.807) is 12.4 Å². The van der Waals surface area contributed by atoms with Gasteiger partial charge in [0.2, 0.25) is 0 Å². The zero-order chi connectivity index (χ0) is 10.7. The summed E-state index contributed by atoms with van der Waals surface area (Å²) >= 11 is 0. The molecular formula is C10H14N2O3. The third-order valence-electron chi connectivity index (χ3n) is 2.67. The Bertz CT molecular complexity index is 330. The van der Waals surface area contributed by atoms with Gasteiger partial charge in [-0.1, -0.05) is 0 Å². The summed E-state index contributed by atoms with van der Waals surface area (Å²) in [5, 5.41) is 6.51. The Morgan fingerprint density at radius 2 is 2.47 bits per heavy atom. The molecule has 1 saturated carbocycles. The van der Waals surface area contributed by atoms with Crippen LogP contribution >= 0.6 is 0 Å². The number of nitrogens with zero attached hydrogens (tertiary/aromatic N) is 1. The Hall–Kier alpha value is -1.36. The smallest absolute Gasteiger partial charge is 0.314 e. The molecule has 1 aromatic heterocycles. The highest BCUT2D eigenvalue weighted by Gasteiger charge is 2.51. The van der Waals surface area contributed by atoms with Crippen LogP contribution in [0.1, 0.15) is 18.4 Å². The lowest BCUT2D eigenvalue weighted by atomic mass is 10.1. The van der Waals surface area contributed by atoms with Crippen molar-refractivity contribution in [1.82, 2.24) is 10.2 Å². The molecule has 1 aliphatic carbocycles. The monoisotopic (exact) mass is 210 g/mol. The predicted octanol–water partition coefficient (Wildman–Crippen LogP) is 0.879. The van der Waals surface area contributed by atoms with Gasteiger partial charge in [-0.2, -0.15) is 5.10 Å². The molecule has 0 atom stereocenters. The van der Waals surface area contributed by atoms with Crippen LogP contribution < -0.4 is 0 Å². The van der Waals surface area contributed by atoms with Crippen molar-refractivity contribution in [3.05, 3.63) is 18.0 Å². The average molecular weight is 210 g/mol. The minimum absolute atomic E-state index is 0.158. The predicted molar refractivity (Wildman–Crippen MR) is 51.9 cm³/mol. The zero-order valence-electron chi connectivity index (χ0n) is 8.66. The maximum Gasteiger partial charge on any atom is 0.314 e. The van der Waals surface area contributed by atoms with Gasteiger partial charge in [-0.25, -0.2) is 0 Å². The van der Waals surface area contributed by atoms with Gasteiger partial charge in [0.05, 0.1) is 31.9 Å². The summed E-state index contributed by atoms with van der Waals surface area (Å²) < 4.78 is 10.2. The summed E-state index contributed by atoms with van der Waals surface area (Å²) in [5.74, 6) is -0.158. The van der Waals surface area contributed by atoms with Crippen molar-refractivity contribution in [1.29, 1.82) is 0 Å². The van der Waals surface area contributed by atoms with Gasteiger partial charge in [-0.05, 0) is 12.8 Å². The van der Waals surface area contributed by atoms with Gasteiger partial charge in [-0.15, -0.1) is 0 Å². The normalized spacial score (nSPS) is 17.4. The summed E-state index contributed by atoms with van der Waals surface area (Å²) in [5.41, 5.74) is 0.619. The van der Waals surface area contributed by atoms with Gasteiger partial charge in [0.15, 0.2) is 0 Å². The molecule has 1 aliphatic rings. The first-order chi connectivity index (χ1) is 7.27. The molecule has 0 radical (unpaired) electrons. The molecule has 0 amide bonds. The Labute approximate surface area is 87.8 Å². The number of hydrogen-bond donors (Lipinski definition) is 1. The lowest BCUT2D eigenvalue weighted by Gasteiger charge is -2.12. The van der Waals surface area contributed by atoms with Crippen molar-refractivity contribution in [2.24, 2.45) is 5.41 Å². The first-order valence-corrected chi connectivity index (χ1v) is 4.91. The number of carbonyl (C=O) groups excluding carboxylic acids is 1. The summed E-state index contributed by atoms with van der Waals surface area (Å²) in [6.07, 6.45) is 5.21. The number of aromatic nitrogens is 2. The van der Waals surface area contributed by atoms with Gasteiger partial charge in [-0.3, -0.25) is 9.89 Å². The zero-order valence-corrected chi connectivity index (χ0v) is 8.66. The number of ether oxygens (including phenoxy) is 2. The molecule has 0 spiro atoms. The number of esters is 1. The molecule has 82 valence electrons. The second kappa shape index (κ2) is 4.02. The van der Waals surface area contributed by atoms with Crippen LogP contribution in [0.2, 0.25) is 0 Å². The fourth-order valence-corrected chi connectivity index (χ4v) is 1.50. The Morgan fingerprint density at radius 1 is 1.67 bits per heavy atom. The van der Waals surface area contributed by atoms with Crippen LogP contribution in [0.15, 0.2) is 12.4 Å². The molecule has 1 aromatic rings. The van der Waals surface area contributed by atoms with E-state index in [0.717, 1.165) is 18.4 Å². The summed E-state index contributed by atoms with van der Waals surface area (Å²) in [7, 11) is 1.42. The topological polar surface area (TPSA) is 64.2 Å². The van der Waals surface area contributed by atoms with Crippen LogP contribution in [0.5, 0.6) is 0 Å². The molecule has 1 heterocycles. The van der Waals surface area contributed by atoms with Crippen LogP contribution in [-0.4, -0.2) is 29.9 Å². The molecule has 5 nitrogen and oxygen atoms in total. The van der Waals surface area contributed by atoms with E-state index in [1.165, 1.54) is 7.11 Å². The fourth-order valence-electron chi connectivity index (χ4n) is 1.50. The van der Waals surface area contributed by atoms with Crippen LogP contribution in [0.25, 0.3) is 0 Å². The van der Waals surface area contributed by atoms with Crippen LogP contribution in [0.3, 0.4) is 0 Å². The largest absolute Gasteiger partial charge is 0.469 e. The first-order valence-electron chi connectivity index (χ1n) is 4.91. The molecular weight excluding hydrogens is 196 g/mol. The Balaban J connectivity index is 1.77. The lowest BCUT2D eigenvalue weighted by molar-refractivity contribution is -0.149. The quantitative estimate of drug-likeness (QED) is 0.733. The molecule has 1 N–H and O–H groups in total.